The van der Waals surface area contributed by atoms with Gasteiger partial charge in [-0.25, -0.2) is 0 Å². The fourth-order valence-electron chi connectivity index (χ4n) is 2.77. The number of nitrogens with zero attached hydrogens (tertiary/aromatic N) is 1. The molecule has 2 unspecified atom stereocenters. The average Bonchev–Trinajstić information content (AvgIpc) is 2.33. The average molecular weight is 241 g/mol. The van der Waals surface area contributed by atoms with Gasteiger partial charge in [0.15, 0.2) is 0 Å². The highest BCUT2D eigenvalue weighted by Gasteiger charge is 2.16. The Morgan fingerprint density at radius 3 is 2.82 bits per heavy atom. The molecule has 1 heterocycles. The molecule has 3 nitrogen and oxygen atoms in total. The van der Waals surface area contributed by atoms with Gasteiger partial charge in [-0.1, -0.05) is 13.3 Å². The maximum absolute atomic E-state index is 3.62. The first-order chi connectivity index (χ1) is 8.26. The van der Waals surface area contributed by atoms with Gasteiger partial charge in [0, 0.05) is 6.54 Å². The Morgan fingerprint density at radius 1 is 1.35 bits per heavy atom. The number of likely N-dealkylation sites (tertiary alicyclic amines) is 1. The molecule has 1 aliphatic rings. The van der Waals surface area contributed by atoms with E-state index in [0.29, 0.717) is 0 Å². The number of hydrogen-bond donors (Lipinski definition) is 2. The van der Waals surface area contributed by atoms with Gasteiger partial charge >= 0.3 is 0 Å². The molecule has 0 aromatic rings. The zero-order chi connectivity index (χ0) is 12.5. The zero-order valence-electron chi connectivity index (χ0n) is 12.0. The first-order valence-electron chi connectivity index (χ1n) is 7.30. The Bertz CT molecular complexity index is 184. The molecule has 0 radical (unpaired) electrons. The lowest BCUT2D eigenvalue weighted by Crippen LogP contribution is -2.35. The van der Waals surface area contributed by atoms with E-state index in [-0.39, 0.29) is 0 Å². The minimum Gasteiger partial charge on any atom is -0.319 e. The first-order valence-corrected chi connectivity index (χ1v) is 7.30. The normalized spacial score (nSPS) is 23.8. The molecule has 1 rings (SSSR count). The van der Waals surface area contributed by atoms with Crippen molar-refractivity contribution in [2.75, 3.05) is 46.8 Å². The van der Waals surface area contributed by atoms with Crippen LogP contribution < -0.4 is 10.6 Å². The second kappa shape index (κ2) is 8.90. The van der Waals surface area contributed by atoms with Crippen LogP contribution in [0.25, 0.3) is 0 Å². The molecular formula is C14H31N3. The van der Waals surface area contributed by atoms with Gasteiger partial charge in [-0.3, -0.25) is 0 Å². The zero-order valence-corrected chi connectivity index (χ0v) is 12.0. The van der Waals surface area contributed by atoms with Crippen molar-refractivity contribution in [3.63, 3.8) is 0 Å². The van der Waals surface area contributed by atoms with Gasteiger partial charge in [0.2, 0.25) is 0 Å². The maximum Gasteiger partial charge on any atom is 0.000709 e. The summed E-state index contributed by atoms with van der Waals surface area (Å²) in [5.41, 5.74) is 0. The molecule has 0 amide bonds. The van der Waals surface area contributed by atoms with E-state index in [1.54, 1.807) is 0 Å². The van der Waals surface area contributed by atoms with Crippen molar-refractivity contribution >= 4 is 0 Å². The Morgan fingerprint density at radius 2 is 2.18 bits per heavy atom. The minimum absolute atomic E-state index is 0.786. The number of hydrogen-bond acceptors (Lipinski definition) is 3. The second-order valence-electron chi connectivity index (χ2n) is 5.60. The summed E-state index contributed by atoms with van der Waals surface area (Å²) in [5.74, 6) is 1.71. The van der Waals surface area contributed by atoms with Crippen LogP contribution in [0.15, 0.2) is 0 Å². The van der Waals surface area contributed by atoms with E-state index in [1.165, 1.54) is 51.9 Å². The highest BCUT2D eigenvalue weighted by atomic mass is 15.1. The molecule has 3 heteroatoms. The Hall–Kier alpha value is -0.120. The molecule has 1 fully saturated rings. The topological polar surface area (TPSA) is 27.3 Å². The Labute approximate surface area is 107 Å². The predicted molar refractivity (Wildman–Crippen MR) is 75.4 cm³/mol. The molecule has 1 aliphatic heterocycles. The fraction of sp³-hybridized carbons (Fsp3) is 1.00. The summed E-state index contributed by atoms with van der Waals surface area (Å²) in [6.07, 6.45) is 5.43. The molecule has 17 heavy (non-hydrogen) atoms. The molecule has 0 spiro atoms. The van der Waals surface area contributed by atoms with Gasteiger partial charge in [0.1, 0.15) is 0 Å². The van der Waals surface area contributed by atoms with E-state index in [9.17, 15) is 0 Å². The summed E-state index contributed by atoms with van der Waals surface area (Å²) in [6.45, 7) is 8.37. The molecule has 0 aliphatic carbocycles. The van der Waals surface area contributed by atoms with Crippen molar-refractivity contribution in [3.05, 3.63) is 0 Å². The summed E-state index contributed by atoms with van der Waals surface area (Å²) >= 11 is 0. The van der Waals surface area contributed by atoms with Crippen molar-refractivity contribution in [3.8, 4) is 0 Å². The lowest BCUT2D eigenvalue weighted by atomic mass is 9.95. The Balaban J connectivity index is 2.02. The van der Waals surface area contributed by atoms with Crippen LogP contribution in [0.4, 0.5) is 0 Å². The van der Waals surface area contributed by atoms with Crippen LogP contribution in [0.1, 0.15) is 32.6 Å². The highest BCUT2D eigenvalue weighted by Crippen LogP contribution is 2.17. The molecule has 0 aromatic heterocycles. The van der Waals surface area contributed by atoms with E-state index in [1.807, 2.05) is 7.05 Å². The predicted octanol–water partition coefficient (Wildman–Crippen LogP) is 1.55. The maximum atomic E-state index is 3.62. The summed E-state index contributed by atoms with van der Waals surface area (Å²) < 4.78 is 0. The van der Waals surface area contributed by atoms with Crippen LogP contribution in [0, 0.1) is 11.8 Å². The third-order valence-corrected chi connectivity index (χ3v) is 3.95. The van der Waals surface area contributed by atoms with Crippen molar-refractivity contribution < 1.29 is 0 Å². The number of nitrogens with one attached hydrogen (secondary N) is 2. The van der Waals surface area contributed by atoms with Crippen LogP contribution in [-0.4, -0.2) is 51.7 Å². The summed E-state index contributed by atoms with van der Waals surface area (Å²) in [7, 11) is 4.29. The van der Waals surface area contributed by atoms with Gasteiger partial charge < -0.3 is 15.5 Å². The van der Waals surface area contributed by atoms with E-state index in [2.05, 4.69) is 29.5 Å². The smallest absolute Gasteiger partial charge is 0.000709 e. The lowest BCUT2D eigenvalue weighted by Gasteiger charge is -2.29. The van der Waals surface area contributed by atoms with Crippen molar-refractivity contribution in [2.45, 2.75) is 32.6 Å². The highest BCUT2D eigenvalue weighted by molar-refractivity contribution is 4.72. The molecule has 1 saturated heterocycles. The molecular weight excluding hydrogens is 210 g/mol. The second-order valence-corrected chi connectivity index (χ2v) is 5.60. The molecule has 0 aromatic carbocycles. The van der Waals surface area contributed by atoms with Crippen LogP contribution in [0.5, 0.6) is 0 Å². The van der Waals surface area contributed by atoms with Crippen LogP contribution in [0.3, 0.4) is 0 Å². The molecule has 0 bridgehead atoms. The minimum atomic E-state index is 0.786. The fourth-order valence-corrected chi connectivity index (χ4v) is 2.77. The third-order valence-electron chi connectivity index (χ3n) is 3.95. The largest absolute Gasteiger partial charge is 0.319 e. The summed E-state index contributed by atoms with van der Waals surface area (Å²) in [5, 5.41) is 6.89. The number of piperidine rings is 1. The first kappa shape index (κ1) is 14.9. The van der Waals surface area contributed by atoms with Gasteiger partial charge in [-0.2, -0.15) is 0 Å². The van der Waals surface area contributed by atoms with Gasteiger partial charge in [0.05, 0.1) is 0 Å². The molecule has 102 valence electrons. The van der Waals surface area contributed by atoms with Gasteiger partial charge in [-0.15, -0.1) is 0 Å². The standard InChI is InChI=1S/C14H31N3/c1-4-13(10-15-2)11-16-8-7-14-6-5-9-17(3)12-14/h13-16H,4-12H2,1-3H3. The quantitative estimate of drug-likeness (QED) is 0.632. The van der Waals surface area contributed by atoms with E-state index < -0.39 is 0 Å². The molecule has 2 atom stereocenters. The van der Waals surface area contributed by atoms with Gasteiger partial charge in [0.25, 0.3) is 0 Å². The van der Waals surface area contributed by atoms with E-state index in [4.69, 9.17) is 0 Å². The third kappa shape index (κ3) is 6.39. The van der Waals surface area contributed by atoms with Crippen molar-refractivity contribution in [1.82, 2.24) is 15.5 Å². The van der Waals surface area contributed by atoms with Crippen LogP contribution in [0.2, 0.25) is 0 Å². The molecule has 2 N–H and O–H groups in total. The summed E-state index contributed by atoms with van der Waals surface area (Å²) in [4.78, 5) is 2.48. The Kier molecular flexibility index (Phi) is 7.82. The van der Waals surface area contributed by atoms with E-state index >= 15 is 0 Å². The monoisotopic (exact) mass is 241 g/mol. The number of rotatable bonds is 8. The SMILES string of the molecule is CCC(CNC)CNCCC1CCCN(C)C1. The van der Waals surface area contributed by atoms with Crippen molar-refractivity contribution in [2.24, 2.45) is 11.8 Å². The van der Waals surface area contributed by atoms with Gasteiger partial charge in [-0.05, 0) is 71.4 Å². The summed E-state index contributed by atoms with van der Waals surface area (Å²) in [6, 6.07) is 0. The van der Waals surface area contributed by atoms with Crippen molar-refractivity contribution in [1.29, 1.82) is 0 Å². The van der Waals surface area contributed by atoms with Crippen LogP contribution in [-0.2, 0) is 0 Å². The van der Waals surface area contributed by atoms with Crippen LogP contribution >= 0.6 is 0 Å². The lowest BCUT2D eigenvalue weighted by molar-refractivity contribution is 0.201. The van der Waals surface area contributed by atoms with E-state index in [0.717, 1.165) is 18.4 Å². The molecule has 0 saturated carbocycles.